The Morgan fingerprint density at radius 2 is 1.96 bits per heavy atom. The van der Waals surface area contributed by atoms with Crippen LogP contribution < -0.4 is 5.32 Å². The maximum atomic E-state index is 12.4. The van der Waals surface area contributed by atoms with Crippen LogP contribution in [0.15, 0.2) is 42.7 Å². The summed E-state index contributed by atoms with van der Waals surface area (Å²) in [5.41, 5.74) is 2.03. The topological polar surface area (TPSA) is 62.6 Å². The molecule has 1 aromatic carbocycles. The predicted octanol–water partition coefficient (Wildman–Crippen LogP) is 1.53. The van der Waals surface area contributed by atoms with E-state index in [1.165, 1.54) is 0 Å². The van der Waals surface area contributed by atoms with Crippen LogP contribution in [0, 0.1) is 0 Å². The molecule has 152 valence electrons. The molecule has 1 aliphatic rings. The Kier molecular flexibility index (Phi) is 6.83. The molecule has 7 nitrogen and oxygen atoms in total. The van der Waals surface area contributed by atoms with E-state index < -0.39 is 0 Å². The van der Waals surface area contributed by atoms with Gasteiger partial charge in [-0.15, -0.1) is 0 Å². The molecular formula is C21H31N5O2. The summed E-state index contributed by atoms with van der Waals surface area (Å²) in [5, 5.41) is 7.50. The highest BCUT2D eigenvalue weighted by atomic mass is 16.5. The molecule has 0 spiro atoms. The van der Waals surface area contributed by atoms with Crippen LogP contribution in [0.5, 0.6) is 0 Å². The first-order valence-electron chi connectivity index (χ1n) is 9.81. The van der Waals surface area contributed by atoms with Gasteiger partial charge in [-0.3, -0.25) is 14.6 Å². The second kappa shape index (κ2) is 9.32. The van der Waals surface area contributed by atoms with E-state index in [0.717, 1.165) is 37.6 Å². The van der Waals surface area contributed by atoms with E-state index in [2.05, 4.69) is 29.2 Å². The standard InChI is InChI=1S/C21H31N5O2/c1-21(2,25-9-11-28-12-10-25)17-22-20(27)16-24(3)14-18-13-23-26(15-18)19-7-5-4-6-8-19/h4-8,13,15H,9-12,14,16-17H2,1-3H3,(H,22,27). The largest absolute Gasteiger partial charge is 0.379 e. The summed E-state index contributed by atoms with van der Waals surface area (Å²) < 4.78 is 7.27. The molecule has 1 aliphatic heterocycles. The number of nitrogens with one attached hydrogen (secondary N) is 1. The molecule has 1 N–H and O–H groups in total. The van der Waals surface area contributed by atoms with Crippen LogP contribution >= 0.6 is 0 Å². The van der Waals surface area contributed by atoms with Gasteiger partial charge in [0.15, 0.2) is 0 Å². The number of ether oxygens (including phenoxy) is 1. The zero-order valence-electron chi connectivity index (χ0n) is 17.1. The van der Waals surface area contributed by atoms with Crippen LogP contribution in [0.3, 0.4) is 0 Å². The number of benzene rings is 1. The van der Waals surface area contributed by atoms with Gasteiger partial charge in [0.2, 0.25) is 5.91 Å². The summed E-state index contributed by atoms with van der Waals surface area (Å²) in [6, 6.07) is 10.0. The Balaban J connectivity index is 1.45. The number of aromatic nitrogens is 2. The fourth-order valence-corrected chi connectivity index (χ4v) is 3.43. The number of hydrogen-bond acceptors (Lipinski definition) is 5. The quantitative estimate of drug-likeness (QED) is 0.747. The molecule has 0 radical (unpaired) electrons. The zero-order chi connectivity index (χ0) is 20.0. The zero-order valence-corrected chi connectivity index (χ0v) is 17.1. The summed E-state index contributed by atoms with van der Waals surface area (Å²) >= 11 is 0. The molecular weight excluding hydrogens is 354 g/mol. The molecule has 1 aromatic heterocycles. The van der Waals surface area contributed by atoms with Crippen LogP contribution in [0.25, 0.3) is 5.69 Å². The minimum Gasteiger partial charge on any atom is -0.379 e. The molecule has 0 aliphatic carbocycles. The first-order valence-corrected chi connectivity index (χ1v) is 9.81. The van der Waals surface area contributed by atoms with Crippen LogP contribution in [0.4, 0.5) is 0 Å². The molecule has 1 saturated heterocycles. The van der Waals surface area contributed by atoms with Crippen molar-refractivity contribution in [1.29, 1.82) is 0 Å². The molecule has 7 heteroatoms. The van der Waals surface area contributed by atoms with Crippen molar-refractivity contribution in [2.45, 2.75) is 25.9 Å². The molecule has 1 fully saturated rings. The monoisotopic (exact) mass is 385 g/mol. The van der Waals surface area contributed by atoms with Crippen LogP contribution in [0.2, 0.25) is 0 Å². The van der Waals surface area contributed by atoms with E-state index in [1.54, 1.807) is 0 Å². The van der Waals surface area contributed by atoms with Crippen LogP contribution in [-0.2, 0) is 16.1 Å². The Hall–Kier alpha value is -2.22. The SMILES string of the molecule is CN(CC(=O)NCC(C)(C)N1CCOCC1)Cc1cnn(-c2ccccc2)c1. The van der Waals surface area contributed by atoms with E-state index in [1.807, 2.05) is 59.4 Å². The lowest BCUT2D eigenvalue weighted by Crippen LogP contribution is -2.56. The maximum Gasteiger partial charge on any atom is 0.234 e. The fourth-order valence-electron chi connectivity index (χ4n) is 3.43. The van der Waals surface area contributed by atoms with Gasteiger partial charge in [0.05, 0.1) is 31.6 Å². The Labute approximate surface area is 167 Å². The molecule has 3 rings (SSSR count). The fraction of sp³-hybridized carbons (Fsp3) is 0.524. The molecule has 0 saturated carbocycles. The number of amides is 1. The lowest BCUT2D eigenvalue weighted by Gasteiger charge is -2.40. The van der Waals surface area contributed by atoms with E-state index >= 15 is 0 Å². The van der Waals surface area contributed by atoms with Crippen molar-refractivity contribution in [2.75, 3.05) is 46.4 Å². The van der Waals surface area contributed by atoms with Crippen molar-refractivity contribution in [3.05, 3.63) is 48.3 Å². The third-order valence-corrected chi connectivity index (χ3v) is 5.11. The number of carbonyl (C=O) groups is 1. The van der Waals surface area contributed by atoms with Gasteiger partial charge in [0, 0.05) is 43.5 Å². The minimum absolute atomic E-state index is 0.0410. The summed E-state index contributed by atoms with van der Waals surface area (Å²) in [7, 11) is 1.95. The summed E-state index contributed by atoms with van der Waals surface area (Å²) in [6.07, 6.45) is 3.86. The number of para-hydroxylation sites is 1. The molecule has 28 heavy (non-hydrogen) atoms. The van der Waals surface area contributed by atoms with Crippen molar-refractivity contribution in [1.82, 2.24) is 24.9 Å². The Morgan fingerprint density at radius 1 is 1.25 bits per heavy atom. The van der Waals surface area contributed by atoms with E-state index in [9.17, 15) is 4.79 Å². The summed E-state index contributed by atoms with van der Waals surface area (Å²) in [4.78, 5) is 16.8. The van der Waals surface area contributed by atoms with Crippen molar-refractivity contribution in [2.24, 2.45) is 0 Å². The highest BCUT2D eigenvalue weighted by Gasteiger charge is 2.28. The highest BCUT2D eigenvalue weighted by Crippen LogP contribution is 2.15. The van der Waals surface area contributed by atoms with Gasteiger partial charge >= 0.3 is 0 Å². The molecule has 0 bridgehead atoms. The average Bonchev–Trinajstić information content (AvgIpc) is 3.16. The van der Waals surface area contributed by atoms with Crippen molar-refractivity contribution >= 4 is 5.91 Å². The number of nitrogens with zero attached hydrogens (tertiary/aromatic N) is 4. The van der Waals surface area contributed by atoms with Crippen LogP contribution in [0.1, 0.15) is 19.4 Å². The predicted molar refractivity (Wildman–Crippen MR) is 109 cm³/mol. The minimum atomic E-state index is -0.0746. The first-order chi connectivity index (χ1) is 13.4. The smallest absolute Gasteiger partial charge is 0.234 e. The molecule has 0 atom stereocenters. The third-order valence-electron chi connectivity index (χ3n) is 5.11. The first kappa shape index (κ1) is 20.5. The second-order valence-corrected chi connectivity index (χ2v) is 7.99. The number of morpholine rings is 1. The Bertz CT molecular complexity index is 753. The lowest BCUT2D eigenvalue weighted by molar-refractivity contribution is -0.122. The number of likely N-dealkylation sites (N-methyl/N-ethyl adjacent to an activating group) is 1. The normalized spacial score (nSPS) is 15.7. The van der Waals surface area contributed by atoms with E-state index in [-0.39, 0.29) is 11.4 Å². The number of hydrogen-bond donors (Lipinski definition) is 1. The summed E-state index contributed by atoms with van der Waals surface area (Å²) in [6.45, 7) is 9.34. The van der Waals surface area contributed by atoms with Gasteiger partial charge in [-0.1, -0.05) is 18.2 Å². The van der Waals surface area contributed by atoms with Crippen molar-refractivity contribution < 1.29 is 9.53 Å². The van der Waals surface area contributed by atoms with Gasteiger partial charge in [0.1, 0.15) is 0 Å². The highest BCUT2D eigenvalue weighted by molar-refractivity contribution is 5.78. The number of carbonyl (C=O) groups excluding carboxylic acids is 1. The lowest BCUT2D eigenvalue weighted by atomic mass is 10.0. The van der Waals surface area contributed by atoms with E-state index in [4.69, 9.17) is 4.74 Å². The molecule has 2 aromatic rings. The van der Waals surface area contributed by atoms with Gasteiger partial charge in [-0.2, -0.15) is 5.10 Å². The van der Waals surface area contributed by atoms with Gasteiger partial charge in [-0.25, -0.2) is 4.68 Å². The summed E-state index contributed by atoms with van der Waals surface area (Å²) in [5.74, 6) is 0.0410. The average molecular weight is 386 g/mol. The maximum absolute atomic E-state index is 12.4. The van der Waals surface area contributed by atoms with Gasteiger partial charge in [0.25, 0.3) is 0 Å². The van der Waals surface area contributed by atoms with Gasteiger partial charge < -0.3 is 10.1 Å². The van der Waals surface area contributed by atoms with E-state index in [0.29, 0.717) is 19.6 Å². The Morgan fingerprint density at radius 3 is 2.68 bits per heavy atom. The molecule has 0 unspecified atom stereocenters. The van der Waals surface area contributed by atoms with Gasteiger partial charge in [-0.05, 0) is 33.0 Å². The molecule has 2 heterocycles. The third kappa shape index (κ3) is 5.64. The van der Waals surface area contributed by atoms with Crippen LogP contribution in [-0.4, -0.2) is 77.5 Å². The second-order valence-electron chi connectivity index (χ2n) is 7.99. The molecule has 1 amide bonds. The number of rotatable bonds is 8. The van der Waals surface area contributed by atoms with Crippen molar-refractivity contribution in [3.63, 3.8) is 0 Å². The van der Waals surface area contributed by atoms with Crippen molar-refractivity contribution in [3.8, 4) is 5.69 Å².